The molecule has 0 aliphatic carbocycles. The lowest BCUT2D eigenvalue weighted by molar-refractivity contribution is -0.123. The maximum absolute atomic E-state index is 12.3. The van der Waals surface area contributed by atoms with Crippen LogP contribution in [0.4, 0.5) is 18.2 Å². The van der Waals surface area contributed by atoms with Crippen molar-refractivity contribution in [3.05, 3.63) is 41.3 Å². The molecule has 1 aliphatic heterocycles. The van der Waals surface area contributed by atoms with Gasteiger partial charge < -0.3 is 15.0 Å². The molecule has 0 bridgehead atoms. The molecule has 3 rings (SSSR count). The van der Waals surface area contributed by atoms with Crippen molar-refractivity contribution in [1.29, 1.82) is 0 Å². The molecule has 0 atom stereocenters. The number of nitrogens with one attached hydrogen (secondary N) is 1. The van der Waals surface area contributed by atoms with Crippen LogP contribution in [0.15, 0.2) is 36.4 Å². The zero-order chi connectivity index (χ0) is 17.9. The molecule has 0 spiro atoms. The van der Waals surface area contributed by atoms with Crippen LogP contribution in [0.5, 0.6) is 0 Å². The van der Waals surface area contributed by atoms with Gasteiger partial charge in [-0.1, -0.05) is 30.3 Å². The maximum atomic E-state index is 12.3. The molecule has 1 aliphatic rings. The van der Waals surface area contributed by atoms with Crippen molar-refractivity contribution in [2.24, 2.45) is 0 Å². The molecule has 1 aromatic heterocycles. The number of carbonyl (C=O) groups excluding carboxylic acids is 1. The summed E-state index contributed by atoms with van der Waals surface area (Å²) < 4.78 is 42.4. The molecule has 1 N–H and O–H groups in total. The van der Waals surface area contributed by atoms with Crippen LogP contribution in [0.3, 0.4) is 0 Å². The summed E-state index contributed by atoms with van der Waals surface area (Å²) in [7, 11) is 0. The molecule has 1 amide bonds. The summed E-state index contributed by atoms with van der Waals surface area (Å²) >= 11 is 1.21. The lowest BCUT2D eigenvalue weighted by Gasteiger charge is -2.28. The topological polar surface area (TPSA) is 41.6 Å². The van der Waals surface area contributed by atoms with Crippen LogP contribution in [-0.4, -0.2) is 44.9 Å². The molecule has 1 fully saturated rings. The summed E-state index contributed by atoms with van der Waals surface area (Å²) in [6.07, 6.45) is -4.43. The van der Waals surface area contributed by atoms with Gasteiger partial charge in [-0.25, -0.2) is 0 Å². The van der Waals surface area contributed by atoms with Crippen molar-refractivity contribution in [2.75, 3.05) is 37.7 Å². The second-order valence-corrected chi connectivity index (χ2v) is 6.62. The van der Waals surface area contributed by atoms with Crippen LogP contribution in [-0.2, 0) is 4.74 Å². The zero-order valence-electron chi connectivity index (χ0n) is 13.3. The van der Waals surface area contributed by atoms with E-state index in [0.29, 0.717) is 26.3 Å². The highest BCUT2D eigenvalue weighted by molar-refractivity contribution is 7.18. The third-order valence-electron chi connectivity index (χ3n) is 3.77. The number of rotatable bonds is 4. The minimum Gasteiger partial charge on any atom is -0.378 e. The van der Waals surface area contributed by atoms with E-state index in [0.717, 1.165) is 16.1 Å². The molecule has 25 heavy (non-hydrogen) atoms. The van der Waals surface area contributed by atoms with Gasteiger partial charge in [-0.3, -0.25) is 4.79 Å². The van der Waals surface area contributed by atoms with Gasteiger partial charge in [0.1, 0.15) is 6.54 Å². The summed E-state index contributed by atoms with van der Waals surface area (Å²) in [6.45, 7) is 1.20. The van der Waals surface area contributed by atoms with E-state index in [1.165, 1.54) is 11.3 Å². The minimum absolute atomic E-state index is 0.268. The molecule has 0 radical (unpaired) electrons. The van der Waals surface area contributed by atoms with Gasteiger partial charge in [0.25, 0.3) is 5.91 Å². The molecule has 134 valence electrons. The Kier molecular flexibility index (Phi) is 5.29. The van der Waals surface area contributed by atoms with Crippen molar-refractivity contribution in [3.63, 3.8) is 0 Å². The van der Waals surface area contributed by atoms with Gasteiger partial charge in [0, 0.05) is 18.7 Å². The van der Waals surface area contributed by atoms with Gasteiger partial charge in [-0.05, 0) is 11.6 Å². The number of nitrogens with zero attached hydrogens (tertiary/aromatic N) is 1. The van der Waals surface area contributed by atoms with Gasteiger partial charge >= 0.3 is 6.18 Å². The van der Waals surface area contributed by atoms with Crippen LogP contribution >= 0.6 is 11.3 Å². The number of ether oxygens (including phenoxy) is 1. The average molecular weight is 370 g/mol. The Hall–Kier alpha value is -2.06. The Morgan fingerprint density at radius 3 is 2.52 bits per heavy atom. The van der Waals surface area contributed by atoms with E-state index >= 15 is 0 Å². The normalized spacial score (nSPS) is 15.2. The number of hydrogen-bond acceptors (Lipinski definition) is 4. The Balaban J connectivity index is 1.90. The molecule has 0 saturated carbocycles. The van der Waals surface area contributed by atoms with Gasteiger partial charge in [0.05, 0.1) is 23.1 Å². The maximum Gasteiger partial charge on any atom is 0.405 e. The lowest BCUT2D eigenvalue weighted by atomic mass is 10.1. The second kappa shape index (κ2) is 7.45. The molecule has 1 saturated heterocycles. The highest BCUT2D eigenvalue weighted by atomic mass is 32.1. The van der Waals surface area contributed by atoms with Crippen molar-refractivity contribution in [2.45, 2.75) is 6.18 Å². The van der Waals surface area contributed by atoms with E-state index in [1.807, 2.05) is 35.6 Å². The minimum atomic E-state index is -4.43. The average Bonchev–Trinajstić information content (AvgIpc) is 3.06. The summed E-state index contributed by atoms with van der Waals surface area (Å²) in [4.78, 5) is 14.5. The van der Waals surface area contributed by atoms with Gasteiger partial charge in [0.2, 0.25) is 0 Å². The van der Waals surface area contributed by atoms with E-state index in [-0.39, 0.29) is 4.88 Å². The number of alkyl halides is 3. The second-order valence-electron chi connectivity index (χ2n) is 5.59. The zero-order valence-corrected chi connectivity index (χ0v) is 14.1. The molecule has 4 nitrogen and oxygen atoms in total. The van der Waals surface area contributed by atoms with Gasteiger partial charge in [-0.15, -0.1) is 11.3 Å². The SMILES string of the molecule is O=C(NCC(F)(F)F)c1cc(-c2ccccc2)c(N2CCOCC2)s1. The first-order valence-electron chi connectivity index (χ1n) is 7.81. The molecule has 8 heteroatoms. The van der Waals surface area contributed by atoms with Crippen LogP contribution in [0.25, 0.3) is 11.1 Å². The van der Waals surface area contributed by atoms with Crippen molar-refractivity contribution >= 4 is 22.2 Å². The predicted molar refractivity (Wildman–Crippen MR) is 91.2 cm³/mol. The Morgan fingerprint density at radius 1 is 1.20 bits per heavy atom. The standard InChI is InChI=1S/C17H17F3N2O2S/c18-17(19,20)11-21-15(23)14-10-13(12-4-2-1-3-5-12)16(25-14)22-6-8-24-9-7-22/h1-5,10H,6-9,11H2,(H,21,23). The van der Waals surface area contributed by atoms with Crippen molar-refractivity contribution < 1.29 is 22.7 Å². The summed E-state index contributed by atoms with van der Waals surface area (Å²) in [5.41, 5.74) is 1.78. The third-order valence-corrected chi connectivity index (χ3v) is 4.96. The van der Waals surface area contributed by atoms with E-state index < -0.39 is 18.6 Å². The van der Waals surface area contributed by atoms with E-state index in [1.54, 1.807) is 6.07 Å². The highest BCUT2D eigenvalue weighted by Gasteiger charge is 2.29. The number of benzene rings is 1. The molecule has 2 heterocycles. The number of thiophene rings is 1. The smallest absolute Gasteiger partial charge is 0.378 e. The fourth-order valence-corrected chi connectivity index (χ4v) is 3.74. The number of halogens is 3. The summed E-state index contributed by atoms with van der Waals surface area (Å²) in [6, 6.07) is 11.2. The summed E-state index contributed by atoms with van der Waals surface area (Å²) in [5, 5.41) is 2.82. The Morgan fingerprint density at radius 2 is 1.88 bits per heavy atom. The first-order valence-corrected chi connectivity index (χ1v) is 8.62. The number of amides is 1. The molecule has 2 aromatic rings. The van der Waals surface area contributed by atoms with E-state index in [2.05, 4.69) is 4.90 Å². The monoisotopic (exact) mass is 370 g/mol. The number of morpholine rings is 1. The van der Waals surface area contributed by atoms with Crippen LogP contribution < -0.4 is 10.2 Å². The molecular formula is C17H17F3N2O2S. The van der Waals surface area contributed by atoms with Crippen molar-refractivity contribution in [1.82, 2.24) is 5.32 Å². The van der Waals surface area contributed by atoms with Crippen LogP contribution in [0.2, 0.25) is 0 Å². The Bertz CT molecular complexity index is 725. The first-order chi connectivity index (χ1) is 11.9. The predicted octanol–water partition coefficient (Wildman–Crippen LogP) is 3.54. The van der Waals surface area contributed by atoms with Gasteiger partial charge in [0.15, 0.2) is 0 Å². The summed E-state index contributed by atoms with van der Waals surface area (Å²) in [5.74, 6) is -0.709. The molecule has 1 aromatic carbocycles. The fraction of sp³-hybridized carbons (Fsp3) is 0.353. The lowest BCUT2D eigenvalue weighted by Crippen LogP contribution is -2.36. The van der Waals surface area contributed by atoms with E-state index in [9.17, 15) is 18.0 Å². The van der Waals surface area contributed by atoms with E-state index in [4.69, 9.17) is 4.74 Å². The van der Waals surface area contributed by atoms with Crippen molar-refractivity contribution in [3.8, 4) is 11.1 Å². The van der Waals surface area contributed by atoms with Crippen LogP contribution in [0.1, 0.15) is 9.67 Å². The van der Waals surface area contributed by atoms with Gasteiger partial charge in [-0.2, -0.15) is 13.2 Å². The molecule has 0 unspecified atom stereocenters. The number of anilines is 1. The third kappa shape index (κ3) is 4.52. The van der Waals surface area contributed by atoms with Crippen LogP contribution in [0, 0.1) is 0 Å². The Labute approximate surface area is 147 Å². The number of hydrogen-bond donors (Lipinski definition) is 1. The molecular weight excluding hydrogens is 353 g/mol. The largest absolute Gasteiger partial charge is 0.405 e. The highest BCUT2D eigenvalue weighted by Crippen LogP contribution is 2.39. The quantitative estimate of drug-likeness (QED) is 0.895. The number of carbonyl (C=O) groups is 1. The first kappa shape index (κ1) is 17.8. The fourth-order valence-electron chi connectivity index (χ4n) is 2.59.